The van der Waals surface area contributed by atoms with Gasteiger partial charge in [0.15, 0.2) is 0 Å². The molecule has 1 atom stereocenters. The lowest BCUT2D eigenvalue weighted by Crippen LogP contribution is -2.47. The van der Waals surface area contributed by atoms with Gasteiger partial charge >= 0.3 is 5.97 Å². The van der Waals surface area contributed by atoms with E-state index in [4.69, 9.17) is 4.74 Å². The highest BCUT2D eigenvalue weighted by atomic mass is 16.5. The van der Waals surface area contributed by atoms with Gasteiger partial charge in [0.25, 0.3) is 5.91 Å². The molecular weight excluding hydrogens is 330 g/mol. The van der Waals surface area contributed by atoms with Crippen LogP contribution >= 0.6 is 0 Å². The summed E-state index contributed by atoms with van der Waals surface area (Å²) in [6.07, 6.45) is 2.18. The summed E-state index contributed by atoms with van der Waals surface area (Å²) in [5.74, 6) is -0.398. The maximum Gasteiger partial charge on any atom is 0.326 e. The highest BCUT2D eigenvalue weighted by molar-refractivity contribution is 5.98. The normalized spacial score (nSPS) is 17.0. The van der Waals surface area contributed by atoms with Gasteiger partial charge in [0.1, 0.15) is 11.8 Å². The Kier molecular flexibility index (Phi) is 5.56. The SMILES string of the molecule is CCOc1ccccc1-c1cccc(C(=O)N2CCCC[C@@H]2C(=O)O)c1. The van der Waals surface area contributed by atoms with Crippen LogP contribution in [-0.4, -0.2) is 41.1 Å². The number of hydrogen-bond donors (Lipinski definition) is 1. The quantitative estimate of drug-likeness (QED) is 0.887. The topological polar surface area (TPSA) is 66.8 Å². The molecule has 0 spiro atoms. The number of rotatable bonds is 5. The first-order chi connectivity index (χ1) is 12.6. The Balaban J connectivity index is 1.92. The molecule has 1 saturated heterocycles. The Morgan fingerprint density at radius 1 is 1.15 bits per heavy atom. The summed E-state index contributed by atoms with van der Waals surface area (Å²) < 4.78 is 5.68. The zero-order valence-electron chi connectivity index (χ0n) is 14.9. The third-order valence-corrected chi connectivity index (χ3v) is 4.66. The fourth-order valence-corrected chi connectivity index (χ4v) is 3.40. The summed E-state index contributed by atoms with van der Waals surface area (Å²) in [5.41, 5.74) is 2.29. The molecule has 5 heteroatoms. The molecule has 3 rings (SSSR count). The molecule has 1 aliphatic rings. The van der Waals surface area contributed by atoms with Crippen LogP contribution in [0.25, 0.3) is 11.1 Å². The van der Waals surface area contributed by atoms with Crippen LogP contribution in [0.2, 0.25) is 0 Å². The van der Waals surface area contributed by atoms with Gasteiger partial charge in [-0.3, -0.25) is 4.79 Å². The molecule has 1 fully saturated rings. The van der Waals surface area contributed by atoms with Crippen molar-refractivity contribution in [3.63, 3.8) is 0 Å². The molecule has 26 heavy (non-hydrogen) atoms. The molecule has 0 aromatic heterocycles. The number of ether oxygens (including phenoxy) is 1. The van der Waals surface area contributed by atoms with E-state index in [1.165, 1.54) is 4.90 Å². The van der Waals surface area contributed by atoms with Crippen LogP contribution in [0.1, 0.15) is 36.5 Å². The van der Waals surface area contributed by atoms with Crippen molar-refractivity contribution < 1.29 is 19.4 Å². The number of nitrogens with zero attached hydrogens (tertiary/aromatic N) is 1. The Bertz CT molecular complexity index is 802. The van der Waals surface area contributed by atoms with Gasteiger partial charge in [-0.15, -0.1) is 0 Å². The molecule has 1 aliphatic heterocycles. The van der Waals surface area contributed by atoms with Gasteiger partial charge in [0.2, 0.25) is 0 Å². The molecule has 1 heterocycles. The van der Waals surface area contributed by atoms with Gasteiger partial charge in [-0.1, -0.05) is 30.3 Å². The number of carboxylic acids is 1. The third kappa shape index (κ3) is 3.72. The van der Waals surface area contributed by atoms with E-state index in [0.29, 0.717) is 25.1 Å². The number of piperidine rings is 1. The standard InChI is InChI=1S/C21H23NO4/c1-2-26-19-12-4-3-10-17(19)15-8-7-9-16(14-15)20(23)22-13-6-5-11-18(22)21(24)25/h3-4,7-10,12,14,18H,2,5-6,11,13H2,1H3,(H,24,25)/t18-/m1/s1. The zero-order valence-corrected chi connectivity index (χ0v) is 14.9. The second-order valence-electron chi connectivity index (χ2n) is 6.36. The van der Waals surface area contributed by atoms with Crippen LogP contribution in [0.3, 0.4) is 0 Å². The van der Waals surface area contributed by atoms with Crippen LogP contribution in [-0.2, 0) is 4.79 Å². The van der Waals surface area contributed by atoms with Gasteiger partial charge in [-0.2, -0.15) is 0 Å². The lowest BCUT2D eigenvalue weighted by atomic mass is 9.98. The monoisotopic (exact) mass is 353 g/mol. The Labute approximate surface area is 153 Å². The van der Waals surface area contributed by atoms with Crippen molar-refractivity contribution in [3.8, 4) is 16.9 Å². The molecule has 5 nitrogen and oxygen atoms in total. The number of carbonyl (C=O) groups is 2. The first kappa shape index (κ1) is 18.0. The number of carboxylic acid groups (broad SMARTS) is 1. The number of amides is 1. The van der Waals surface area contributed by atoms with Crippen LogP contribution < -0.4 is 4.74 Å². The molecule has 1 N–H and O–H groups in total. The largest absolute Gasteiger partial charge is 0.493 e. The average molecular weight is 353 g/mol. The van der Waals surface area contributed by atoms with Crippen molar-refractivity contribution in [1.82, 2.24) is 4.90 Å². The summed E-state index contributed by atoms with van der Waals surface area (Å²) in [7, 11) is 0. The minimum Gasteiger partial charge on any atom is -0.493 e. The second-order valence-corrected chi connectivity index (χ2v) is 6.36. The fraction of sp³-hybridized carbons (Fsp3) is 0.333. The molecule has 1 amide bonds. The van der Waals surface area contributed by atoms with Crippen molar-refractivity contribution in [2.45, 2.75) is 32.2 Å². The number of likely N-dealkylation sites (tertiary alicyclic amines) is 1. The number of para-hydroxylation sites is 1. The van der Waals surface area contributed by atoms with E-state index in [9.17, 15) is 14.7 Å². The van der Waals surface area contributed by atoms with E-state index in [1.807, 2.05) is 49.4 Å². The van der Waals surface area contributed by atoms with Crippen molar-refractivity contribution in [1.29, 1.82) is 0 Å². The van der Waals surface area contributed by atoms with Gasteiger partial charge in [-0.25, -0.2) is 4.79 Å². The molecule has 2 aromatic carbocycles. The molecule has 0 unspecified atom stereocenters. The molecule has 136 valence electrons. The minimum absolute atomic E-state index is 0.229. The van der Waals surface area contributed by atoms with E-state index in [2.05, 4.69) is 0 Å². The predicted molar refractivity (Wildman–Crippen MR) is 99.4 cm³/mol. The number of carbonyl (C=O) groups excluding carboxylic acids is 1. The van der Waals surface area contributed by atoms with Crippen LogP contribution in [0, 0.1) is 0 Å². The number of aliphatic carboxylic acids is 1. The van der Waals surface area contributed by atoms with Crippen molar-refractivity contribution >= 4 is 11.9 Å². The van der Waals surface area contributed by atoms with E-state index in [1.54, 1.807) is 6.07 Å². The first-order valence-corrected chi connectivity index (χ1v) is 8.98. The third-order valence-electron chi connectivity index (χ3n) is 4.66. The smallest absolute Gasteiger partial charge is 0.326 e. The Morgan fingerprint density at radius 3 is 2.73 bits per heavy atom. The number of hydrogen-bond acceptors (Lipinski definition) is 3. The van der Waals surface area contributed by atoms with Gasteiger partial charge < -0.3 is 14.7 Å². The maximum absolute atomic E-state index is 12.9. The molecule has 0 bridgehead atoms. The highest BCUT2D eigenvalue weighted by Gasteiger charge is 2.32. The summed E-state index contributed by atoms with van der Waals surface area (Å²) >= 11 is 0. The van der Waals surface area contributed by atoms with E-state index >= 15 is 0 Å². The molecule has 0 aliphatic carbocycles. The summed E-state index contributed by atoms with van der Waals surface area (Å²) in [5, 5.41) is 9.42. The molecule has 0 radical (unpaired) electrons. The van der Waals surface area contributed by atoms with Crippen molar-refractivity contribution in [3.05, 3.63) is 54.1 Å². The summed E-state index contributed by atoms with van der Waals surface area (Å²) in [6, 6.07) is 14.3. The average Bonchev–Trinajstić information content (AvgIpc) is 2.68. The second kappa shape index (κ2) is 8.04. The lowest BCUT2D eigenvalue weighted by Gasteiger charge is -2.33. The molecule has 0 saturated carbocycles. The van der Waals surface area contributed by atoms with E-state index in [-0.39, 0.29) is 5.91 Å². The molecule has 2 aromatic rings. The Morgan fingerprint density at radius 2 is 1.96 bits per heavy atom. The van der Waals surface area contributed by atoms with Gasteiger partial charge in [0.05, 0.1) is 6.61 Å². The van der Waals surface area contributed by atoms with Gasteiger partial charge in [-0.05, 0) is 49.9 Å². The van der Waals surface area contributed by atoms with Crippen LogP contribution in [0.4, 0.5) is 0 Å². The molecular formula is C21H23NO4. The zero-order chi connectivity index (χ0) is 18.5. The fourth-order valence-electron chi connectivity index (χ4n) is 3.40. The summed E-state index contributed by atoms with van der Waals surface area (Å²) in [4.78, 5) is 25.9. The predicted octanol–water partition coefficient (Wildman–Crippen LogP) is 3.83. The number of benzene rings is 2. The van der Waals surface area contributed by atoms with Crippen molar-refractivity contribution in [2.75, 3.05) is 13.2 Å². The van der Waals surface area contributed by atoms with Crippen LogP contribution in [0.15, 0.2) is 48.5 Å². The van der Waals surface area contributed by atoms with E-state index < -0.39 is 12.0 Å². The minimum atomic E-state index is -0.934. The lowest BCUT2D eigenvalue weighted by molar-refractivity contribution is -0.143. The summed E-state index contributed by atoms with van der Waals surface area (Å²) in [6.45, 7) is 2.97. The first-order valence-electron chi connectivity index (χ1n) is 8.98. The van der Waals surface area contributed by atoms with E-state index in [0.717, 1.165) is 29.7 Å². The Hall–Kier alpha value is -2.82. The van der Waals surface area contributed by atoms with Crippen LogP contribution in [0.5, 0.6) is 5.75 Å². The maximum atomic E-state index is 12.9. The highest BCUT2D eigenvalue weighted by Crippen LogP contribution is 2.31. The van der Waals surface area contributed by atoms with Crippen molar-refractivity contribution in [2.24, 2.45) is 0 Å². The van der Waals surface area contributed by atoms with Gasteiger partial charge in [0, 0.05) is 17.7 Å².